The molecule has 0 amide bonds. The molecular weight excluding hydrogens is 110 g/mol. The summed E-state index contributed by atoms with van der Waals surface area (Å²) in [7, 11) is 0. The van der Waals surface area contributed by atoms with Crippen LogP contribution in [0.1, 0.15) is 0 Å². The van der Waals surface area contributed by atoms with Crippen LogP contribution in [0.3, 0.4) is 0 Å². The van der Waals surface area contributed by atoms with Crippen LogP contribution in [0.5, 0.6) is 0 Å². The van der Waals surface area contributed by atoms with E-state index in [4.69, 9.17) is 4.74 Å². The Morgan fingerprint density at radius 1 is 1.29 bits per heavy atom. The maximum atomic E-state index is 5.05. The van der Waals surface area contributed by atoms with Gasteiger partial charge in [-0.3, -0.25) is 0 Å². The lowest BCUT2D eigenvalue weighted by Crippen LogP contribution is -2.33. The van der Waals surface area contributed by atoms with Gasteiger partial charge in [0.15, 0.2) is 13.1 Å². The van der Waals surface area contributed by atoms with Crippen LogP contribution in [0.25, 0.3) is 0 Å². The Balaban J connectivity index is 2.12. The highest BCUT2D eigenvalue weighted by Gasteiger charge is 2.13. The van der Waals surface area contributed by atoms with E-state index in [-0.39, 0.29) is 0 Å². The summed E-state index contributed by atoms with van der Waals surface area (Å²) in [5.74, 6) is 0. The topological polar surface area (TPSA) is 15.1 Å². The second-order valence-electron chi connectivity index (χ2n) is 1.57. The monoisotopic (exact) mass is 119 g/mol. The van der Waals surface area contributed by atoms with Crippen LogP contribution in [-0.4, -0.2) is 26.3 Å². The largest absolute Gasteiger partial charge is 0.369 e. The van der Waals surface area contributed by atoms with Gasteiger partial charge < -0.3 is 4.74 Å². The van der Waals surface area contributed by atoms with Crippen molar-refractivity contribution in [2.24, 2.45) is 0 Å². The van der Waals surface area contributed by atoms with E-state index >= 15 is 0 Å². The molecule has 41 valence electrons. The fraction of sp³-hybridized carbons (Fsp3) is 1.00. The minimum absolute atomic E-state index is 0.837. The molecular formula is C4H9NOS+. The van der Waals surface area contributed by atoms with Crippen molar-refractivity contribution >= 4 is 12.8 Å². The van der Waals surface area contributed by atoms with Gasteiger partial charge in [-0.2, -0.15) is 0 Å². The van der Waals surface area contributed by atoms with E-state index in [1.54, 1.807) is 0 Å². The Morgan fingerprint density at radius 3 is 2.14 bits per heavy atom. The molecule has 1 saturated heterocycles. The van der Waals surface area contributed by atoms with Crippen LogP contribution in [-0.2, 0) is 4.74 Å². The van der Waals surface area contributed by atoms with Gasteiger partial charge in [0.2, 0.25) is 0 Å². The summed E-state index contributed by atoms with van der Waals surface area (Å²) in [5, 5.41) is 0. The summed E-state index contributed by atoms with van der Waals surface area (Å²) in [6.07, 6.45) is 0. The Kier molecular flexibility index (Phi) is 1.97. The SMILES string of the molecule is S[N+]1CCOCC1. The average molecular weight is 119 g/mol. The molecule has 1 aliphatic heterocycles. The van der Waals surface area contributed by atoms with Crippen molar-refractivity contribution < 1.29 is 4.74 Å². The average Bonchev–Trinajstić information content (AvgIpc) is 1.69. The molecule has 0 N–H and O–H groups in total. The molecule has 1 heterocycles. The van der Waals surface area contributed by atoms with Crippen molar-refractivity contribution in [3.63, 3.8) is 0 Å². The first kappa shape index (κ1) is 5.41. The van der Waals surface area contributed by atoms with E-state index in [2.05, 4.69) is 12.8 Å². The molecule has 0 aromatic rings. The number of nitrogens with zero attached hydrogens (tertiary/aromatic N) is 1. The molecule has 0 bridgehead atoms. The second kappa shape index (κ2) is 2.55. The number of hydrogen-bond donors (Lipinski definition) is 1. The van der Waals surface area contributed by atoms with Crippen molar-refractivity contribution in [3.8, 4) is 0 Å². The predicted octanol–water partition coefficient (Wildman–Crippen LogP) is 0.00150. The van der Waals surface area contributed by atoms with Gasteiger partial charge in [-0.05, 0) is 0 Å². The molecule has 0 atom stereocenters. The van der Waals surface area contributed by atoms with Gasteiger partial charge in [0, 0.05) is 0 Å². The summed E-state index contributed by atoms with van der Waals surface area (Å²) >= 11 is 4.11. The second-order valence-corrected chi connectivity index (χ2v) is 2.13. The summed E-state index contributed by atoms with van der Waals surface area (Å²) in [6, 6.07) is 0. The fourth-order valence-electron chi connectivity index (χ4n) is 0.554. The molecule has 0 aliphatic carbocycles. The highest BCUT2D eigenvalue weighted by Crippen LogP contribution is 1.93. The quantitative estimate of drug-likeness (QED) is 0.350. The third-order valence-corrected chi connectivity index (χ3v) is 1.39. The summed E-state index contributed by atoms with van der Waals surface area (Å²) in [4.78, 5) is 0. The molecule has 0 spiro atoms. The molecule has 2 nitrogen and oxygen atoms in total. The van der Waals surface area contributed by atoms with Gasteiger partial charge in [0.05, 0.1) is 0 Å². The third-order valence-electron chi connectivity index (χ3n) is 0.987. The highest BCUT2D eigenvalue weighted by atomic mass is 32.1. The Bertz CT molecular complexity index is 53.7. The van der Waals surface area contributed by atoms with Crippen molar-refractivity contribution in [2.75, 3.05) is 26.3 Å². The normalized spacial score (nSPS) is 25.3. The van der Waals surface area contributed by atoms with Crippen molar-refractivity contribution in [3.05, 3.63) is 0 Å². The van der Waals surface area contributed by atoms with E-state index < -0.39 is 0 Å². The molecule has 0 unspecified atom stereocenters. The zero-order valence-electron chi connectivity index (χ0n) is 4.13. The first-order chi connectivity index (χ1) is 3.39. The van der Waals surface area contributed by atoms with Gasteiger partial charge in [0.25, 0.3) is 0 Å². The molecule has 1 radical (unpaired) electrons. The number of hydrogen-bond acceptors (Lipinski definition) is 3. The minimum Gasteiger partial charge on any atom is -0.369 e. The maximum Gasteiger partial charge on any atom is 0.159 e. The number of thiol groups is 1. The van der Waals surface area contributed by atoms with Crippen LogP contribution in [0.2, 0.25) is 0 Å². The standard InChI is InChI=1S/C4H9NOS/c7-5-1-3-6-4-2-5/h7H,1-4H2/q+1. The van der Waals surface area contributed by atoms with Crippen LogP contribution in [0.15, 0.2) is 0 Å². The molecule has 1 aliphatic rings. The molecule has 0 saturated carbocycles. The fourth-order valence-corrected chi connectivity index (χ4v) is 0.717. The highest BCUT2D eigenvalue weighted by molar-refractivity contribution is 7.78. The van der Waals surface area contributed by atoms with E-state index in [1.165, 1.54) is 0 Å². The van der Waals surface area contributed by atoms with E-state index in [9.17, 15) is 0 Å². The van der Waals surface area contributed by atoms with E-state index in [1.807, 2.05) is 4.31 Å². The van der Waals surface area contributed by atoms with Gasteiger partial charge in [-0.1, -0.05) is 4.31 Å². The van der Waals surface area contributed by atoms with Crippen LogP contribution < -0.4 is 4.31 Å². The predicted molar refractivity (Wildman–Crippen MR) is 31.7 cm³/mol. The van der Waals surface area contributed by atoms with Crippen LogP contribution >= 0.6 is 12.8 Å². The summed E-state index contributed by atoms with van der Waals surface area (Å²) in [5.41, 5.74) is 0. The smallest absolute Gasteiger partial charge is 0.159 e. The Labute approximate surface area is 49.0 Å². The Morgan fingerprint density at radius 2 is 1.86 bits per heavy atom. The van der Waals surface area contributed by atoms with Crippen molar-refractivity contribution in [1.29, 1.82) is 0 Å². The van der Waals surface area contributed by atoms with Crippen molar-refractivity contribution in [1.82, 2.24) is 4.31 Å². The molecule has 0 aromatic carbocycles. The van der Waals surface area contributed by atoms with Gasteiger partial charge in [-0.25, -0.2) is 0 Å². The van der Waals surface area contributed by atoms with Crippen molar-refractivity contribution in [2.45, 2.75) is 0 Å². The van der Waals surface area contributed by atoms with Gasteiger partial charge in [-0.15, -0.1) is 0 Å². The molecule has 1 fully saturated rings. The number of morpholine rings is 1. The maximum absolute atomic E-state index is 5.05. The molecule has 1 rings (SSSR count). The van der Waals surface area contributed by atoms with Gasteiger partial charge in [0.1, 0.15) is 26.0 Å². The lowest BCUT2D eigenvalue weighted by atomic mass is 10.5. The first-order valence-electron chi connectivity index (χ1n) is 2.41. The first-order valence-corrected chi connectivity index (χ1v) is 2.81. The molecule has 7 heavy (non-hydrogen) atoms. The van der Waals surface area contributed by atoms with Gasteiger partial charge >= 0.3 is 0 Å². The third kappa shape index (κ3) is 1.67. The number of ether oxygens (including phenoxy) is 1. The van der Waals surface area contributed by atoms with Crippen LogP contribution in [0, 0.1) is 0 Å². The minimum atomic E-state index is 0.837. The zero-order valence-corrected chi connectivity index (χ0v) is 5.03. The Hall–Kier alpha value is 0.270. The molecule has 3 heteroatoms. The summed E-state index contributed by atoms with van der Waals surface area (Å²) < 4.78 is 7.01. The lowest BCUT2D eigenvalue weighted by Gasteiger charge is -2.10. The van der Waals surface area contributed by atoms with Crippen LogP contribution in [0.4, 0.5) is 0 Å². The van der Waals surface area contributed by atoms with E-state index in [0.717, 1.165) is 26.3 Å². The number of rotatable bonds is 0. The lowest BCUT2D eigenvalue weighted by molar-refractivity contribution is 0.100. The summed E-state index contributed by atoms with van der Waals surface area (Å²) in [6.45, 7) is 3.60. The zero-order chi connectivity index (χ0) is 5.11. The van der Waals surface area contributed by atoms with E-state index in [0.29, 0.717) is 0 Å². The molecule has 0 aromatic heterocycles.